The third-order valence-corrected chi connectivity index (χ3v) is 3.89. The predicted molar refractivity (Wildman–Crippen MR) is 77.2 cm³/mol. The van der Waals surface area contributed by atoms with Crippen LogP contribution in [0.2, 0.25) is 0 Å². The molecule has 20 heavy (non-hydrogen) atoms. The Labute approximate surface area is 120 Å². The molecule has 0 aliphatic carbocycles. The third-order valence-electron chi connectivity index (χ3n) is 3.89. The van der Waals surface area contributed by atoms with Crippen molar-refractivity contribution in [3.63, 3.8) is 0 Å². The monoisotopic (exact) mass is 281 g/mol. The van der Waals surface area contributed by atoms with Gasteiger partial charge >= 0.3 is 0 Å². The lowest BCUT2D eigenvalue weighted by Gasteiger charge is -2.33. The maximum Gasteiger partial charge on any atom is 0.123 e. The first-order chi connectivity index (χ1) is 9.60. The van der Waals surface area contributed by atoms with Crippen molar-refractivity contribution in [2.45, 2.75) is 38.9 Å². The highest BCUT2D eigenvalue weighted by Crippen LogP contribution is 2.22. The molecular weight excluding hydrogens is 257 g/mol. The first-order valence-corrected chi connectivity index (χ1v) is 7.38. The van der Waals surface area contributed by atoms with Crippen LogP contribution in [0.3, 0.4) is 0 Å². The van der Waals surface area contributed by atoms with Crippen molar-refractivity contribution < 1.29 is 14.2 Å². The van der Waals surface area contributed by atoms with Crippen LogP contribution < -0.4 is 0 Å². The fourth-order valence-electron chi connectivity index (χ4n) is 2.91. The number of rotatable bonds is 5. The van der Waals surface area contributed by atoms with Crippen LogP contribution in [-0.2, 0) is 4.74 Å². The predicted octanol–water partition coefficient (Wildman–Crippen LogP) is 2.67. The third kappa shape index (κ3) is 4.01. The second-order valence-electron chi connectivity index (χ2n) is 5.50. The van der Waals surface area contributed by atoms with Crippen LogP contribution in [-0.4, -0.2) is 42.4 Å². The highest BCUT2D eigenvalue weighted by atomic mass is 19.1. The number of benzene rings is 1. The standard InChI is InChI=1S/C16H24FNO2/c1-3-20-14-5-4-8-18(10-14)11-16(19)15-7-6-13(17)9-12(15)2/h6-7,9,14,16,19H,3-5,8,10-11H2,1-2H3. The van der Waals surface area contributed by atoms with Crippen molar-refractivity contribution in [3.8, 4) is 0 Å². The maximum absolute atomic E-state index is 13.1. The molecule has 1 heterocycles. The number of hydrogen-bond donors (Lipinski definition) is 1. The van der Waals surface area contributed by atoms with E-state index < -0.39 is 6.10 Å². The summed E-state index contributed by atoms with van der Waals surface area (Å²) in [5, 5.41) is 10.4. The molecule has 112 valence electrons. The van der Waals surface area contributed by atoms with Crippen molar-refractivity contribution in [1.82, 2.24) is 4.90 Å². The largest absolute Gasteiger partial charge is 0.387 e. The molecule has 0 amide bonds. The number of halogens is 1. The molecule has 2 unspecified atom stereocenters. The Morgan fingerprint density at radius 2 is 2.30 bits per heavy atom. The van der Waals surface area contributed by atoms with Crippen LogP contribution in [0.5, 0.6) is 0 Å². The summed E-state index contributed by atoms with van der Waals surface area (Å²) in [6.45, 7) is 7.01. The number of nitrogens with zero attached hydrogens (tertiary/aromatic N) is 1. The van der Waals surface area contributed by atoms with Crippen molar-refractivity contribution >= 4 is 0 Å². The lowest BCUT2D eigenvalue weighted by molar-refractivity contribution is -0.00711. The molecule has 1 fully saturated rings. The molecule has 2 rings (SSSR count). The van der Waals surface area contributed by atoms with Gasteiger partial charge in [0, 0.05) is 19.7 Å². The van der Waals surface area contributed by atoms with E-state index in [2.05, 4.69) is 4.90 Å². The van der Waals surface area contributed by atoms with Gasteiger partial charge in [-0.1, -0.05) is 6.07 Å². The highest BCUT2D eigenvalue weighted by Gasteiger charge is 2.23. The average Bonchev–Trinajstić information content (AvgIpc) is 2.39. The van der Waals surface area contributed by atoms with Crippen molar-refractivity contribution in [3.05, 3.63) is 35.1 Å². The molecule has 4 heteroatoms. The molecule has 1 aromatic rings. The maximum atomic E-state index is 13.1. The summed E-state index contributed by atoms with van der Waals surface area (Å²) in [7, 11) is 0. The van der Waals surface area contributed by atoms with Crippen molar-refractivity contribution in [2.24, 2.45) is 0 Å². The van der Waals surface area contributed by atoms with Gasteiger partial charge in [-0.3, -0.25) is 4.90 Å². The fraction of sp³-hybridized carbons (Fsp3) is 0.625. The zero-order valence-corrected chi connectivity index (χ0v) is 12.3. The van der Waals surface area contributed by atoms with Crippen LogP contribution in [0.15, 0.2) is 18.2 Å². The van der Waals surface area contributed by atoms with E-state index in [1.165, 1.54) is 12.1 Å². The molecular formula is C16H24FNO2. The summed E-state index contributed by atoms with van der Waals surface area (Å²) in [4.78, 5) is 2.23. The van der Waals surface area contributed by atoms with Gasteiger partial charge in [-0.2, -0.15) is 0 Å². The molecule has 0 spiro atoms. The quantitative estimate of drug-likeness (QED) is 0.900. The Bertz CT molecular complexity index is 436. The number of aliphatic hydroxyl groups is 1. The first-order valence-electron chi connectivity index (χ1n) is 7.38. The second kappa shape index (κ2) is 7.16. The first kappa shape index (κ1) is 15.4. The lowest BCUT2D eigenvalue weighted by atomic mass is 10.0. The van der Waals surface area contributed by atoms with E-state index in [-0.39, 0.29) is 11.9 Å². The minimum Gasteiger partial charge on any atom is -0.387 e. The van der Waals surface area contributed by atoms with Crippen LogP contribution in [0.25, 0.3) is 0 Å². The van der Waals surface area contributed by atoms with Gasteiger partial charge in [0.05, 0.1) is 12.2 Å². The SMILES string of the molecule is CCOC1CCCN(CC(O)c2ccc(F)cc2C)C1. The molecule has 3 nitrogen and oxygen atoms in total. The zero-order valence-electron chi connectivity index (χ0n) is 12.3. The molecule has 0 aromatic heterocycles. The summed E-state index contributed by atoms with van der Waals surface area (Å²) in [6.07, 6.45) is 1.89. The van der Waals surface area contributed by atoms with Crippen LogP contribution >= 0.6 is 0 Å². The minimum absolute atomic E-state index is 0.257. The van der Waals surface area contributed by atoms with E-state index in [9.17, 15) is 9.50 Å². The normalized spacial score (nSPS) is 21.9. The number of hydrogen-bond acceptors (Lipinski definition) is 3. The van der Waals surface area contributed by atoms with E-state index in [0.29, 0.717) is 6.54 Å². The smallest absolute Gasteiger partial charge is 0.123 e. The van der Waals surface area contributed by atoms with Gasteiger partial charge in [0.15, 0.2) is 0 Å². The highest BCUT2D eigenvalue weighted by molar-refractivity contribution is 5.28. The summed E-state index contributed by atoms with van der Waals surface area (Å²) >= 11 is 0. The molecule has 1 saturated heterocycles. The molecule has 0 radical (unpaired) electrons. The Morgan fingerprint density at radius 3 is 3.00 bits per heavy atom. The van der Waals surface area contributed by atoms with Crippen molar-refractivity contribution in [2.75, 3.05) is 26.2 Å². The van der Waals surface area contributed by atoms with E-state index >= 15 is 0 Å². The summed E-state index contributed by atoms with van der Waals surface area (Å²) in [5.41, 5.74) is 1.61. The van der Waals surface area contributed by atoms with Gasteiger partial charge in [-0.05, 0) is 56.5 Å². The topological polar surface area (TPSA) is 32.7 Å². The van der Waals surface area contributed by atoms with Gasteiger partial charge < -0.3 is 9.84 Å². The van der Waals surface area contributed by atoms with E-state index in [4.69, 9.17) is 4.74 Å². The number of aryl methyl sites for hydroxylation is 1. The minimum atomic E-state index is -0.573. The van der Waals surface area contributed by atoms with E-state index in [0.717, 1.165) is 43.7 Å². The van der Waals surface area contributed by atoms with E-state index in [1.807, 2.05) is 13.8 Å². The number of aliphatic hydroxyl groups excluding tert-OH is 1. The van der Waals surface area contributed by atoms with Gasteiger partial charge in [0.25, 0.3) is 0 Å². The van der Waals surface area contributed by atoms with Crippen LogP contribution in [0, 0.1) is 12.7 Å². The number of piperidine rings is 1. The van der Waals surface area contributed by atoms with Gasteiger partial charge in [-0.15, -0.1) is 0 Å². The Morgan fingerprint density at radius 1 is 1.50 bits per heavy atom. The van der Waals surface area contributed by atoms with Gasteiger partial charge in [-0.25, -0.2) is 4.39 Å². The van der Waals surface area contributed by atoms with Gasteiger partial charge in [0.1, 0.15) is 5.82 Å². The van der Waals surface area contributed by atoms with E-state index in [1.54, 1.807) is 6.07 Å². The Hall–Kier alpha value is -0.970. The molecule has 2 atom stereocenters. The summed E-state index contributed by atoms with van der Waals surface area (Å²) in [6, 6.07) is 4.56. The molecule has 1 aromatic carbocycles. The lowest BCUT2D eigenvalue weighted by Crippen LogP contribution is -2.41. The zero-order chi connectivity index (χ0) is 14.5. The Kier molecular flexibility index (Phi) is 5.52. The van der Waals surface area contributed by atoms with Crippen LogP contribution in [0.1, 0.15) is 37.0 Å². The number of likely N-dealkylation sites (tertiary alicyclic amines) is 1. The fourth-order valence-corrected chi connectivity index (χ4v) is 2.91. The number of β-amino-alcohol motifs (C(OH)–C–C–N with tert-alkyl or cyclic N) is 1. The molecule has 0 bridgehead atoms. The second-order valence-corrected chi connectivity index (χ2v) is 5.50. The molecule has 0 saturated carbocycles. The molecule has 1 aliphatic heterocycles. The Balaban J connectivity index is 1.95. The van der Waals surface area contributed by atoms with Crippen molar-refractivity contribution in [1.29, 1.82) is 0 Å². The molecule has 1 aliphatic rings. The average molecular weight is 281 g/mol. The number of ether oxygens (including phenoxy) is 1. The molecule has 1 N–H and O–H groups in total. The summed E-state index contributed by atoms with van der Waals surface area (Å²) < 4.78 is 18.8. The van der Waals surface area contributed by atoms with Crippen LogP contribution in [0.4, 0.5) is 4.39 Å². The van der Waals surface area contributed by atoms with Gasteiger partial charge in [0.2, 0.25) is 0 Å². The summed E-state index contributed by atoms with van der Waals surface area (Å²) in [5.74, 6) is -0.257.